The highest BCUT2D eigenvalue weighted by Crippen LogP contribution is 2.47. The molecular weight excluding hydrogens is 382 g/mol. The number of carboxylic acid groups (broad SMARTS) is 1. The van der Waals surface area contributed by atoms with E-state index in [1.165, 1.54) is 28.9 Å². The summed E-state index contributed by atoms with van der Waals surface area (Å²) in [6, 6.07) is 6.90. The Labute approximate surface area is 162 Å². The first-order valence-electron chi connectivity index (χ1n) is 8.15. The number of hydrogen-bond donors (Lipinski definition) is 3. The van der Waals surface area contributed by atoms with Crippen LogP contribution in [0.2, 0.25) is 0 Å². The fourth-order valence-electron chi connectivity index (χ4n) is 2.95. The Morgan fingerprint density at radius 2 is 1.86 bits per heavy atom. The number of para-hydroxylation sites is 1. The first kappa shape index (κ1) is 17.7. The Kier molecular flexibility index (Phi) is 4.28. The molecule has 0 unspecified atom stereocenters. The number of carboxylic acids is 1. The monoisotopic (exact) mass is 395 g/mol. The van der Waals surface area contributed by atoms with Crippen LogP contribution in [0.4, 0.5) is 5.13 Å². The van der Waals surface area contributed by atoms with Gasteiger partial charge in [0.25, 0.3) is 0 Å². The number of rotatable bonds is 4. The van der Waals surface area contributed by atoms with Crippen molar-refractivity contribution in [1.29, 1.82) is 0 Å². The molecule has 0 atom stereocenters. The number of fused-ring (bicyclic) bond motifs is 1. The predicted molar refractivity (Wildman–Crippen MR) is 104 cm³/mol. The lowest BCUT2D eigenvalue weighted by Gasteiger charge is -2.03. The molecule has 0 saturated heterocycles. The number of carbonyl (C=O) groups excluding carboxylic acids is 1. The summed E-state index contributed by atoms with van der Waals surface area (Å²) < 4.78 is 1.26. The van der Waals surface area contributed by atoms with E-state index < -0.39 is 12.5 Å². The van der Waals surface area contributed by atoms with Crippen LogP contribution in [-0.2, 0) is 16.1 Å². The molecule has 1 aromatic carbocycles. The number of benzene rings is 1. The lowest BCUT2D eigenvalue weighted by Crippen LogP contribution is -2.07. The van der Waals surface area contributed by atoms with Crippen molar-refractivity contribution >= 4 is 44.8 Å². The van der Waals surface area contributed by atoms with Gasteiger partial charge in [0.2, 0.25) is 16.9 Å². The van der Waals surface area contributed by atoms with E-state index in [-0.39, 0.29) is 27.6 Å². The van der Waals surface area contributed by atoms with E-state index in [2.05, 4.69) is 9.98 Å². The average Bonchev–Trinajstić information content (AvgIpc) is 3.14. The van der Waals surface area contributed by atoms with Gasteiger partial charge in [-0.15, -0.1) is 0 Å². The minimum atomic E-state index is -1.10. The molecular formula is C19H13N3O5S. The highest BCUT2D eigenvalue weighted by molar-refractivity contribution is 7.19. The predicted octanol–water partition coefficient (Wildman–Crippen LogP) is 3.03. The van der Waals surface area contributed by atoms with Gasteiger partial charge >= 0.3 is 5.97 Å². The molecule has 4 rings (SSSR count). The quantitative estimate of drug-likeness (QED) is 0.583. The van der Waals surface area contributed by atoms with Crippen LogP contribution >= 0.6 is 11.3 Å². The molecule has 0 amide bonds. The minimum Gasteiger partial charge on any atom is -0.494 e. The molecule has 0 aliphatic heterocycles. The molecule has 0 spiro atoms. The van der Waals surface area contributed by atoms with E-state index in [9.17, 15) is 19.8 Å². The number of hydrogen-bond acceptors (Lipinski definition) is 7. The number of aromatic hydroxyl groups is 2. The van der Waals surface area contributed by atoms with Gasteiger partial charge in [-0.3, -0.25) is 9.59 Å². The van der Waals surface area contributed by atoms with Crippen molar-refractivity contribution in [2.24, 2.45) is 4.99 Å². The molecule has 2 aromatic heterocycles. The molecule has 3 N–H and O–H groups in total. The van der Waals surface area contributed by atoms with Crippen molar-refractivity contribution in [3.63, 3.8) is 0 Å². The summed E-state index contributed by atoms with van der Waals surface area (Å²) in [5.74, 6) is -1.84. The minimum absolute atomic E-state index is 0.141. The molecule has 0 saturated carbocycles. The molecule has 0 radical (unpaired) electrons. The Morgan fingerprint density at radius 1 is 1.14 bits per heavy atom. The van der Waals surface area contributed by atoms with E-state index in [0.717, 1.165) is 11.3 Å². The summed E-state index contributed by atoms with van der Waals surface area (Å²) in [6.07, 6.45) is 5.82. The smallest absolute Gasteiger partial charge is 0.323 e. The third-order valence-corrected chi connectivity index (χ3v) is 5.08. The molecule has 1 aliphatic carbocycles. The summed E-state index contributed by atoms with van der Waals surface area (Å²) in [7, 11) is 0. The third kappa shape index (κ3) is 3.08. The second-order valence-electron chi connectivity index (χ2n) is 5.95. The average molecular weight is 395 g/mol. The first-order chi connectivity index (χ1) is 13.4. The zero-order valence-corrected chi connectivity index (χ0v) is 15.1. The molecule has 2 heterocycles. The Balaban J connectivity index is 1.84. The lowest BCUT2D eigenvalue weighted by atomic mass is 10.1. The van der Waals surface area contributed by atoms with Gasteiger partial charge in [0.15, 0.2) is 5.78 Å². The number of aromatic nitrogens is 2. The normalized spacial score (nSPS) is 13.4. The lowest BCUT2D eigenvalue weighted by molar-refractivity contribution is -0.137. The molecule has 1 aliphatic rings. The maximum Gasteiger partial charge on any atom is 0.323 e. The topological polar surface area (TPSA) is 125 Å². The SMILES string of the molecule is O=C1C=CC(=Nc2nc(O)c(-c3c(O)n(CC(=O)O)c4ccccc34)s2)C=C1. The van der Waals surface area contributed by atoms with Crippen LogP contribution in [0.1, 0.15) is 0 Å². The van der Waals surface area contributed by atoms with Crippen LogP contribution in [0, 0.1) is 0 Å². The highest BCUT2D eigenvalue weighted by atomic mass is 32.1. The molecule has 140 valence electrons. The Bertz CT molecular complexity index is 1200. The largest absolute Gasteiger partial charge is 0.494 e. The Hall–Kier alpha value is -3.72. The van der Waals surface area contributed by atoms with Crippen LogP contribution in [0.25, 0.3) is 21.3 Å². The zero-order chi connectivity index (χ0) is 19.8. The van der Waals surface area contributed by atoms with Gasteiger partial charge in [0.05, 0.1) is 16.8 Å². The first-order valence-corrected chi connectivity index (χ1v) is 8.96. The van der Waals surface area contributed by atoms with E-state index in [4.69, 9.17) is 5.11 Å². The summed E-state index contributed by atoms with van der Waals surface area (Å²) in [6.45, 7) is -0.426. The number of ketones is 1. The number of carbonyl (C=O) groups is 2. The van der Waals surface area contributed by atoms with Gasteiger partial charge in [-0.1, -0.05) is 29.5 Å². The molecule has 28 heavy (non-hydrogen) atoms. The number of nitrogens with zero attached hydrogens (tertiary/aromatic N) is 3. The van der Waals surface area contributed by atoms with E-state index in [1.807, 2.05) is 0 Å². The van der Waals surface area contributed by atoms with Crippen LogP contribution in [-0.4, -0.2) is 42.3 Å². The van der Waals surface area contributed by atoms with Crippen molar-refractivity contribution < 1.29 is 24.9 Å². The van der Waals surface area contributed by atoms with E-state index >= 15 is 0 Å². The summed E-state index contributed by atoms with van der Waals surface area (Å²) >= 11 is 1.05. The van der Waals surface area contributed by atoms with Gasteiger partial charge in [0.1, 0.15) is 11.4 Å². The second kappa shape index (κ2) is 6.78. The fraction of sp³-hybridized carbons (Fsp3) is 0.0526. The highest BCUT2D eigenvalue weighted by Gasteiger charge is 2.24. The van der Waals surface area contributed by atoms with Crippen LogP contribution in [0.3, 0.4) is 0 Å². The maximum absolute atomic E-state index is 11.2. The van der Waals surface area contributed by atoms with Gasteiger partial charge in [-0.2, -0.15) is 4.98 Å². The number of aliphatic imine (C=N–C) groups is 1. The standard InChI is InChI=1S/C19H13N3O5S/c23-11-7-5-10(6-8-11)20-19-21-17(26)16(28-19)15-12-3-1-2-4-13(12)22(18(15)27)9-14(24)25/h1-8,26-27H,9H2,(H,24,25). The third-order valence-electron chi connectivity index (χ3n) is 4.12. The summed E-state index contributed by atoms with van der Waals surface area (Å²) in [5.41, 5.74) is 1.32. The number of aliphatic carboxylic acids is 1. The van der Waals surface area contributed by atoms with Crippen LogP contribution in [0.5, 0.6) is 11.8 Å². The van der Waals surface area contributed by atoms with E-state index in [1.54, 1.807) is 24.3 Å². The molecule has 9 heteroatoms. The van der Waals surface area contributed by atoms with Gasteiger partial charge in [0, 0.05) is 5.39 Å². The second-order valence-corrected chi connectivity index (χ2v) is 6.93. The van der Waals surface area contributed by atoms with Crippen molar-refractivity contribution in [3.05, 3.63) is 48.6 Å². The Morgan fingerprint density at radius 3 is 2.57 bits per heavy atom. The maximum atomic E-state index is 11.2. The van der Waals surface area contributed by atoms with Crippen molar-refractivity contribution in [3.8, 4) is 22.2 Å². The van der Waals surface area contributed by atoms with Gasteiger partial charge in [-0.05, 0) is 30.4 Å². The van der Waals surface area contributed by atoms with Crippen LogP contribution in [0.15, 0.2) is 53.6 Å². The number of thiazole rings is 1. The molecule has 0 fully saturated rings. The molecule has 8 nitrogen and oxygen atoms in total. The molecule has 0 bridgehead atoms. The van der Waals surface area contributed by atoms with Gasteiger partial charge < -0.3 is 19.9 Å². The zero-order valence-electron chi connectivity index (χ0n) is 14.2. The molecule has 3 aromatic rings. The summed E-state index contributed by atoms with van der Waals surface area (Å²) in [4.78, 5) is 30.9. The van der Waals surface area contributed by atoms with E-state index in [0.29, 0.717) is 22.2 Å². The number of allylic oxidation sites excluding steroid dienone is 4. The van der Waals surface area contributed by atoms with Crippen molar-refractivity contribution in [2.45, 2.75) is 6.54 Å². The van der Waals surface area contributed by atoms with Crippen molar-refractivity contribution in [2.75, 3.05) is 0 Å². The fourth-order valence-corrected chi connectivity index (χ4v) is 3.86. The summed E-state index contributed by atoms with van der Waals surface area (Å²) in [5, 5.41) is 31.0. The van der Waals surface area contributed by atoms with Gasteiger partial charge in [-0.25, -0.2) is 4.99 Å². The van der Waals surface area contributed by atoms with Crippen molar-refractivity contribution in [1.82, 2.24) is 9.55 Å². The van der Waals surface area contributed by atoms with Crippen LogP contribution < -0.4 is 0 Å².